The second-order valence-corrected chi connectivity index (χ2v) is 6.59. The van der Waals surface area contributed by atoms with Crippen molar-refractivity contribution in [2.75, 3.05) is 26.4 Å². The number of nitrogens with one attached hydrogen (secondary N) is 1. The monoisotopic (exact) mass is 356 g/mol. The Morgan fingerprint density at radius 2 is 1.81 bits per heavy atom. The Morgan fingerprint density at radius 1 is 1.08 bits per heavy atom. The maximum atomic E-state index is 13.3. The van der Waals surface area contributed by atoms with Crippen molar-refractivity contribution in [3.8, 4) is 11.5 Å². The lowest BCUT2D eigenvalue weighted by Crippen LogP contribution is -2.36. The number of nitrogens with zero attached hydrogens (tertiary/aromatic N) is 1. The number of halogens is 1. The van der Waals surface area contributed by atoms with Crippen LogP contribution >= 0.6 is 0 Å². The van der Waals surface area contributed by atoms with Crippen molar-refractivity contribution in [2.24, 2.45) is 0 Å². The van der Waals surface area contributed by atoms with E-state index in [2.05, 4.69) is 10.2 Å². The summed E-state index contributed by atoms with van der Waals surface area (Å²) in [6.07, 6.45) is 2.29. The number of carbonyl (C=O) groups excluding carboxylic acids is 1. The van der Waals surface area contributed by atoms with Crippen LogP contribution < -0.4 is 14.8 Å². The van der Waals surface area contributed by atoms with Crippen LogP contribution in [-0.2, 0) is 0 Å². The molecule has 1 unspecified atom stereocenters. The molecule has 1 atom stereocenters. The molecule has 2 aliphatic heterocycles. The summed E-state index contributed by atoms with van der Waals surface area (Å²) < 4.78 is 23.9. The summed E-state index contributed by atoms with van der Waals surface area (Å²) in [7, 11) is 0. The predicted molar refractivity (Wildman–Crippen MR) is 94.8 cm³/mol. The first kappa shape index (κ1) is 16.8. The van der Waals surface area contributed by atoms with E-state index in [1.807, 2.05) is 0 Å². The molecule has 1 amide bonds. The molecule has 5 nitrogen and oxygen atoms in total. The number of ether oxygens (including phenoxy) is 2. The number of carbonyl (C=O) groups is 1. The van der Waals surface area contributed by atoms with E-state index >= 15 is 0 Å². The van der Waals surface area contributed by atoms with Crippen molar-refractivity contribution in [1.29, 1.82) is 0 Å². The Labute approximate surface area is 151 Å². The molecule has 4 rings (SSSR count). The molecule has 2 aromatic carbocycles. The van der Waals surface area contributed by atoms with Crippen LogP contribution in [-0.4, -0.2) is 37.2 Å². The number of fused-ring (bicyclic) bond motifs is 1. The third kappa shape index (κ3) is 3.51. The molecule has 1 saturated heterocycles. The summed E-state index contributed by atoms with van der Waals surface area (Å²) in [6.45, 7) is 2.63. The van der Waals surface area contributed by atoms with Crippen molar-refractivity contribution >= 4 is 5.91 Å². The van der Waals surface area contributed by atoms with Crippen LogP contribution in [0.3, 0.4) is 0 Å². The van der Waals surface area contributed by atoms with E-state index in [9.17, 15) is 9.18 Å². The standard InChI is InChI=1S/C20H21FN2O3/c21-16-6-3-14(4-7-16)17(23-9-1-2-10-23)12-22-20(24)15-5-8-18-19(11-15)26-13-25-18/h3-8,11,17H,1-2,9-10,12-13H2,(H,22,24). The van der Waals surface area contributed by atoms with Crippen molar-refractivity contribution in [3.05, 3.63) is 59.4 Å². The van der Waals surface area contributed by atoms with E-state index < -0.39 is 0 Å². The Balaban J connectivity index is 1.47. The van der Waals surface area contributed by atoms with Crippen LogP contribution in [0.1, 0.15) is 34.8 Å². The van der Waals surface area contributed by atoms with Gasteiger partial charge in [0.2, 0.25) is 6.79 Å². The highest BCUT2D eigenvalue weighted by Gasteiger charge is 2.24. The van der Waals surface area contributed by atoms with Gasteiger partial charge < -0.3 is 14.8 Å². The van der Waals surface area contributed by atoms with Gasteiger partial charge in [0, 0.05) is 12.1 Å². The molecule has 2 aromatic rings. The molecule has 2 heterocycles. The second-order valence-electron chi connectivity index (χ2n) is 6.59. The van der Waals surface area contributed by atoms with E-state index in [4.69, 9.17) is 9.47 Å². The average Bonchev–Trinajstić information content (AvgIpc) is 3.34. The molecule has 0 aliphatic carbocycles. The van der Waals surface area contributed by atoms with E-state index in [-0.39, 0.29) is 24.6 Å². The fourth-order valence-corrected chi connectivity index (χ4v) is 3.53. The van der Waals surface area contributed by atoms with Crippen LogP contribution in [0.15, 0.2) is 42.5 Å². The molecule has 1 N–H and O–H groups in total. The number of benzene rings is 2. The first-order chi connectivity index (χ1) is 12.7. The largest absolute Gasteiger partial charge is 0.454 e. The molecule has 0 spiro atoms. The Bertz CT molecular complexity index is 788. The molecule has 0 aromatic heterocycles. The van der Waals surface area contributed by atoms with Gasteiger partial charge in [0.1, 0.15) is 5.82 Å². The molecular formula is C20H21FN2O3. The molecule has 0 radical (unpaired) electrons. The normalized spacial score (nSPS) is 17.3. The zero-order valence-electron chi connectivity index (χ0n) is 14.4. The summed E-state index contributed by atoms with van der Waals surface area (Å²) in [5.74, 6) is 0.836. The number of hydrogen-bond acceptors (Lipinski definition) is 4. The first-order valence-corrected chi connectivity index (χ1v) is 8.88. The van der Waals surface area contributed by atoms with Gasteiger partial charge in [-0.25, -0.2) is 4.39 Å². The Kier molecular flexibility index (Phi) is 4.75. The molecular weight excluding hydrogens is 335 g/mol. The van der Waals surface area contributed by atoms with E-state index in [1.165, 1.54) is 12.1 Å². The predicted octanol–water partition coefficient (Wildman–Crippen LogP) is 3.12. The SMILES string of the molecule is O=C(NCC(c1ccc(F)cc1)N1CCCC1)c1ccc2c(c1)OCO2. The van der Waals surface area contributed by atoms with Gasteiger partial charge in [0.25, 0.3) is 5.91 Å². The van der Waals surface area contributed by atoms with Crippen LogP contribution in [0.4, 0.5) is 4.39 Å². The van der Waals surface area contributed by atoms with Crippen molar-refractivity contribution in [3.63, 3.8) is 0 Å². The van der Waals surface area contributed by atoms with Crippen molar-refractivity contribution in [2.45, 2.75) is 18.9 Å². The lowest BCUT2D eigenvalue weighted by molar-refractivity contribution is 0.0937. The molecule has 136 valence electrons. The number of amides is 1. The Hall–Kier alpha value is -2.60. The lowest BCUT2D eigenvalue weighted by atomic mass is 10.0. The minimum atomic E-state index is -0.252. The van der Waals surface area contributed by atoms with Crippen molar-refractivity contribution in [1.82, 2.24) is 10.2 Å². The summed E-state index contributed by atoms with van der Waals surface area (Å²) in [6, 6.07) is 11.7. The second kappa shape index (κ2) is 7.33. The van der Waals surface area contributed by atoms with Gasteiger partial charge in [-0.05, 0) is 61.8 Å². The highest BCUT2D eigenvalue weighted by atomic mass is 19.1. The van der Waals surface area contributed by atoms with Gasteiger partial charge in [-0.1, -0.05) is 12.1 Å². The fraction of sp³-hybridized carbons (Fsp3) is 0.350. The zero-order valence-corrected chi connectivity index (χ0v) is 14.4. The molecule has 26 heavy (non-hydrogen) atoms. The van der Waals surface area contributed by atoms with E-state index in [0.29, 0.717) is 23.6 Å². The minimum Gasteiger partial charge on any atom is -0.454 e. The lowest BCUT2D eigenvalue weighted by Gasteiger charge is -2.28. The maximum Gasteiger partial charge on any atom is 0.251 e. The highest BCUT2D eigenvalue weighted by molar-refractivity contribution is 5.95. The molecule has 0 bridgehead atoms. The first-order valence-electron chi connectivity index (χ1n) is 8.88. The van der Waals surface area contributed by atoms with E-state index in [1.54, 1.807) is 30.3 Å². The number of hydrogen-bond donors (Lipinski definition) is 1. The maximum absolute atomic E-state index is 13.3. The smallest absolute Gasteiger partial charge is 0.251 e. The number of rotatable bonds is 5. The quantitative estimate of drug-likeness (QED) is 0.894. The summed E-state index contributed by atoms with van der Waals surface area (Å²) >= 11 is 0. The summed E-state index contributed by atoms with van der Waals surface area (Å²) in [5.41, 5.74) is 1.55. The number of likely N-dealkylation sites (tertiary alicyclic amines) is 1. The van der Waals surface area contributed by atoms with Gasteiger partial charge in [-0.2, -0.15) is 0 Å². The van der Waals surface area contributed by atoms with Gasteiger partial charge in [0.05, 0.1) is 6.04 Å². The van der Waals surface area contributed by atoms with Crippen LogP contribution in [0.5, 0.6) is 11.5 Å². The Morgan fingerprint density at radius 3 is 2.58 bits per heavy atom. The third-order valence-corrected chi connectivity index (χ3v) is 4.93. The highest BCUT2D eigenvalue weighted by Crippen LogP contribution is 2.32. The molecule has 0 saturated carbocycles. The summed E-state index contributed by atoms with van der Waals surface area (Å²) in [5, 5.41) is 3.01. The van der Waals surface area contributed by atoms with Crippen LogP contribution in [0.2, 0.25) is 0 Å². The zero-order chi connectivity index (χ0) is 17.9. The van der Waals surface area contributed by atoms with E-state index in [0.717, 1.165) is 31.5 Å². The van der Waals surface area contributed by atoms with Gasteiger partial charge in [-0.15, -0.1) is 0 Å². The molecule has 6 heteroatoms. The fourth-order valence-electron chi connectivity index (χ4n) is 3.53. The van der Waals surface area contributed by atoms with Gasteiger partial charge in [-0.3, -0.25) is 9.69 Å². The molecule has 2 aliphatic rings. The van der Waals surface area contributed by atoms with Crippen molar-refractivity contribution < 1.29 is 18.7 Å². The van der Waals surface area contributed by atoms with Crippen LogP contribution in [0, 0.1) is 5.82 Å². The topological polar surface area (TPSA) is 50.8 Å². The van der Waals surface area contributed by atoms with Crippen LogP contribution in [0.25, 0.3) is 0 Å². The molecule has 1 fully saturated rings. The average molecular weight is 356 g/mol. The third-order valence-electron chi connectivity index (χ3n) is 4.93. The van der Waals surface area contributed by atoms with Gasteiger partial charge in [0.15, 0.2) is 11.5 Å². The van der Waals surface area contributed by atoms with Gasteiger partial charge >= 0.3 is 0 Å². The summed E-state index contributed by atoms with van der Waals surface area (Å²) in [4.78, 5) is 14.9. The minimum absolute atomic E-state index is 0.0380.